The van der Waals surface area contributed by atoms with Crippen molar-refractivity contribution in [3.05, 3.63) is 35.9 Å². The van der Waals surface area contributed by atoms with E-state index < -0.39 is 47.9 Å². The number of nitrogens with one attached hydrogen (secondary N) is 2. The second-order valence-corrected chi connectivity index (χ2v) is 10.0. The van der Waals surface area contributed by atoms with Crippen LogP contribution in [0.15, 0.2) is 30.3 Å². The molecule has 3 heterocycles. The van der Waals surface area contributed by atoms with Crippen molar-refractivity contribution in [1.29, 1.82) is 0 Å². The SMILES string of the molecule is CC(C)[C@@H]1NC(=O)[C@@H]2CCCN2C(=O)[C@H]2CCCN2C(=O)C[C@@H](C(=O)OCc2ccccc2)NC1=O. The first-order chi connectivity index (χ1) is 17.3. The summed E-state index contributed by atoms with van der Waals surface area (Å²) < 4.78 is 5.44. The maximum absolute atomic E-state index is 13.4. The van der Waals surface area contributed by atoms with Crippen molar-refractivity contribution in [2.45, 2.75) is 76.7 Å². The molecule has 3 aliphatic heterocycles. The van der Waals surface area contributed by atoms with Crippen LogP contribution >= 0.6 is 0 Å². The van der Waals surface area contributed by atoms with Gasteiger partial charge in [0, 0.05) is 13.1 Å². The molecule has 4 amide bonds. The third kappa shape index (κ3) is 5.52. The van der Waals surface area contributed by atoms with E-state index in [-0.39, 0.29) is 24.9 Å². The third-order valence-corrected chi connectivity index (χ3v) is 7.15. The van der Waals surface area contributed by atoms with Crippen LogP contribution in [0, 0.1) is 5.92 Å². The molecule has 0 aliphatic carbocycles. The largest absolute Gasteiger partial charge is 0.459 e. The number of benzene rings is 1. The molecule has 10 nitrogen and oxygen atoms in total. The highest BCUT2D eigenvalue weighted by Crippen LogP contribution is 2.26. The second-order valence-electron chi connectivity index (χ2n) is 10.0. The Morgan fingerprint density at radius 1 is 0.944 bits per heavy atom. The average Bonchev–Trinajstić information content (AvgIpc) is 3.55. The number of hydrogen-bond donors (Lipinski definition) is 2. The zero-order valence-corrected chi connectivity index (χ0v) is 20.8. The molecule has 10 heteroatoms. The van der Waals surface area contributed by atoms with Gasteiger partial charge in [-0.2, -0.15) is 0 Å². The fourth-order valence-corrected chi connectivity index (χ4v) is 5.18. The summed E-state index contributed by atoms with van der Waals surface area (Å²) in [7, 11) is 0. The highest BCUT2D eigenvalue weighted by molar-refractivity contribution is 5.97. The zero-order valence-electron chi connectivity index (χ0n) is 20.8. The van der Waals surface area contributed by atoms with Gasteiger partial charge in [0.05, 0.1) is 6.42 Å². The zero-order chi connectivity index (χ0) is 25.8. The standard InChI is InChI=1S/C26H34N4O6/c1-16(2)22-24(33)27-18(26(35)36-15-17-8-4-3-5-9-17)14-21(31)29-12-7-11-20(29)25(34)30-13-6-10-19(30)23(32)28-22/h3-5,8-9,16,18-20,22H,6-7,10-15H2,1-2H3,(H,27,33)(H,28,32)/t18-,19-,20+,22-/m0/s1. The summed E-state index contributed by atoms with van der Waals surface area (Å²) in [4.78, 5) is 69.2. The molecule has 1 aromatic carbocycles. The second kappa shape index (κ2) is 11.1. The summed E-state index contributed by atoms with van der Waals surface area (Å²) >= 11 is 0. The highest BCUT2D eigenvalue weighted by Gasteiger charge is 2.44. The fraction of sp³-hybridized carbons (Fsp3) is 0.577. The number of amides is 4. The maximum atomic E-state index is 13.4. The van der Waals surface area contributed by atoms with Crippen LogP contribution in [0.2, 0.25) is 0 Å². The first-order valence-corrected chi connectivity index (χ1v) is 12.7. The average molecular weight is 499 g/mol. The van der Waals surface area contributed by atoms with Crippen molar-refractivity contribution < 1.29 is 28.7 Å². The van der Waals surface area contributed by atoms with Crippen LogP contribution < -0.4 is 10.6 Å². The van der Waals surface area contributed by atoms with Crippen molar-refractivity contribution in [3.63, 3.8) is 0 Å². The first kappa shape index (κ1) is 25.7. The lowest BCUT2D eigenvalue weighted by Gasteiger charge is -2.31. The van der Waals surface area contributed by atoms with Crippen molar-refractivity contribution >= 4 is 29.6 Å². The van der Waals surface area contributed by atoms with E-state index in [0.717, 1.165) is 5.56 Å². The van der Waals surface area contributed by atoms with Gasteiger partial charge in [0.25, 0.3) is 0 Å². The Morgan fingerprint density at radius 2 is 1.61 bits per heavy atom. The number of carbonyl (C=O) groups is 5. The Kier molecular flexibility index (Phi) is 7.91. The molecule has 4 atom stereocenters. The summed E-state index contributed by atoms with van der Waals surface area (Å²) in [5, 5.41) is 5.44. The molecule has 0 saturated carbocycles. The van der Waals surface area contributed by atoms with Gasteiger partial charge in [-0.15, -0.1) is 0 Å². The predicted octanol–water partition coefficient (Wildman–Crippen LogP) is 0.741. The van der Waals surface area contributed by atoms with Crippen LogP contribution in [-0.2, 0) is 35.3 Å². The number of esters is 1. The van der Waals surface area contributed by atoms with Gasteiger partial charge < -0.3 is 25.2 Å². The van der Waals surface area contributed by atoms with Gasteiger partial charge in [-0.1, -0.05) is 44.2 Å². The van der Waals surface area contributed by atoms with Crippen LogP contribution in [0.3, 0.4) is 0 Å². The van der Waals surface area contributed by atoms with Crippen molar-refractivity contribution in [1.82, 2.24) is 20.4 Å². The van der Waals surface area contributed by atoms with E-state index in [1.165, 1.54) is 4.90 Å². The molecule has 4 rings (SSSR count). The molecule has 3 saturated heterocycles. The Labute approximate surface area is 210 Å². The number of nitrogens with zero attached hydrogens (tertiary/aromatic N) is 2. The molecule has 0 radical (unpaired) electrons. The van der Waals surface area contributed by atoms with E-state index in [0.29, 0.717) is 38.8 Å². The lowest BCUT2D eigenvalue weighted by molar-refractivity contribution is -0.152. The van der Waals surface area contributed by atoms with Gasteiger partial charge in [-0.05, 0) is 37.2 Å². The van der Waals surface area contributed by atoms with Gasteiger partial charge in [0.15, 0.2) is 0 Å². The topological polar surface area (TPSA) is 125 Å². The molecule has 3 fully saturated rings. The number of carbonyl (C=O) groups excluding carboxylic acids is 5. The molecule has 0 spiro atoms. The van der Waals surface area contributed by atoms with E-state index in [1.54, 1.807) is 30.9 Å². The quantitative estimate of drug-likeness (QED) is 0.590. The monoisotopic (exact) mass is 498 g/mol. The minimum absolute atomic E-state index is 0.00789. The van der Waals surface area contributed by atoms with Crippen LogP contribution in [0.1, 0.15) is 51.5 Å². The van der Waals surface area contributed by atoms with Crippen molar-refractivity contribution in [2.24, 2.45) is 5.92 Å². The molecule has 194 valence electrons. The van der Waals surface area contributed by atoms with E-state index >= 15 is 0 Å². The molecular weight excluding hydrogens is 464 g/mol. The number of ether oxygens (including phenoxy) is 1. The van der Waals surface area contributed by atoms with Gasteiger partial charge >= 0.3 is 5.97 Å². The minimum atomic E-state index is -1.25. The molecule has 36 heavy (non-hydrogen) atoms. The molecule has 1 aromatic rings. The smallest absolute Gasteiger partial charge is 0.329 e. The number of hydrogen-bond acceptors (Lipinski definition) is 6. The summed E-state index contributed by atoms with van der Waals surface area (Å²) in [5.41, 5.74) is 0.770. The first-order valence-electron chi connectivity index (χ1n) is 12.7. The van der Waals surface area contributed by atoms with Crippen molar-refractivity contribution in [3.8, 4) is 0 Å². The van der Waals surface area contributed by atoms with Crippen LogP contribution in [0.25, 0.3) is 0 Å². The summed E-state index contributed by atoms with van der Waals surface area (Å²) in [6.07, 6.45) is 2.00. The van der Waals surface area contributed by atoms with Gasteiger partial charge in [-0.25, -0.2) is 4.79 Å². The van der Waals surface area contributed by atoms with Crippen LogP contribution in [0.5, 0.6) is 0 Å². The molecule has 0 unspecified atom stereocenters. The maximum Gasteiger partial charge on any atom is 0.329 e. The molecule has 0 aromatic heterocycles. The van der Waals surface area contributed by atoms with Crippen LogP contribution in [0.4, 0.5) is 0 Å². The molecule has 2 N–H and O–H groups in total. The van der Waals surface area contributed by atoms with E-state index in [2.05, 4.69) is 10.6 Å². The minimum Gasteiger partial charge on any atom is -0.459 e. The third-order valence-electron chi connectivity index (χ3n) is 7.15. The normalized spacial score (nSPS) is 27.4. The Balaban J connectivity index is 1.61. The summed E-state index contributed by atoms with van der Waals surface area (Å²) in [6.45, 7) is 4.37. The predicted molar refractivity (Wildman–Crippen MR) is 129 cm³/mol. The van der Waals surface area contributed by atoms with Gasteiger partial charge in [0.2, 0.25) is 23.6 Å². The van der Waals surface area contributed by atoms with E-state index in [4.69, 9.17) is 4.74 Å². The Bertz CT molecular complexity index is 1000. The number of rotatable bonds is 4. The summed E-state index contributed by atoms with van der Waals surface area (Å²) in [6, 6.07) is 5.55. The van der Waals surface area contributed by atoms with E-state index in [1.807, 2.05) is 18.2 Å². The Morgan fingerprint density at radius 3 is 2.31 bits per heavy atom. The van der Waals surface area contributed by atoms with E-state index in [9.17, 15) is 24.0 Å². The van der Waals surface area contributed by atoms with Gasteiger partial charge in [-0.3, -0.25) is 19.2 Å². The lowest BCUT2D eigenvalue weighted by Crippen LogP contribution is -2.57. The van der Waals surface area contributed by atoms with Crippen molar-refractivity contribution in [2.75, 3.05) is 13.1 Å². The number of fused-ring (bicyclic) bond motifs is 2. The lowest BCUT2D eigenvalue weighted by atomic mass is 10.0. The molecule has 3 aliphatic rings. The summed E-state index contributed by atoms with van der Waals surface area (Å²) in [5.74, 6) is -2.64. The Hall–Kier alpha value is -3.43. The van der Waals surface area contributed by atoms with Gasteiger partial charge in [0.1, 0.15) is 30.8 Å². The highest BCUT2D eigenvalue weighted by atomic mass is 16.5. The van der Waals surface area contributed by atoms with Crippen LogP contribution in [-0.4, -0.2) is 76.7 Å². The molecule has 0 bridgehead atoms. The fourth-order valence-electron chi connectivity index (χ4n) is 5.18. The molecular formula is C26H34N4O6.